The molecule has 21 heavy (non-hydrogen) atoms. The number of rotatable bonds is 2. The van der Waals surface area contributed by atoms with Gasteiger partial charge in [-0.2, -0.15) is 0 Å². The molecule has 1 aliphatic carbocycles. The smallest absolute Gasteiger partial charge is 0.409 e. The summed E-state index contributed by atoms with van der Waals surface area (Å²) in [4.78, 5) is 38.5. The van der Waals surface area contributed by atoms with Gasteiger partial charge in [0.05, 0.1) is 18.9 Å². The lowest BCUT2D eigenvalue weighted by atomic mass is 9.94. The molecule has 2 amide bonds. The topological polar surface area (TPSA) is 87.2 Å². The van der Waals surface area contributed by atoms with E-state index in [1.165, 1.54) is 7.11 Å². The van der Waals surface area contributed by atoms with Crippen LogP contribution >= 0.6 is 0 Å². The standard InChI is InChI=1S/C14H22N2O5/c1-9-7-10(11(8-9)13(18)19)12(17)15-3-5-16(6-4-15)14(20)21-2/h9-11H,3-8H2,1-2H3,(H,18,19)/t9?,10-,11+/m0/s1. The molecule has 2 aliphatic rings. The van der Waals surface area contributed by atoms with Crippen LogP contribution < -0.4 is 0 Å². The molecule has 2 fully saturated rings. The zero-order valence-corrected chi connectivity index (χ0v) is 12.4. The molecule has 1 saturated heterocycles. The lowest BCUT2D eigenvalue weighted by Crippen LogP contribution is -2.52. The van der Waals surface area contributed by atoms with Crippen LogP contribution in [0.15, 0.2) is 0 Å². The van der Waals surface area contributed by atoms with Gasteiger partial charge < -0.3 is 19.6 Å². The summed E-state index contributed by atoms with van der Waals surface area (Å²) in [5, 5.41) is 9.26. The maximum absolute atomic E-state index is 12.5. The van der Waals surface area contributed by atoms with Crippen LogP contribution in [0.1, 0.15) is 19.8 Å². The minimum Gasteiger partial charge on any atom is -0.481 e. The zero-order valence-electron chi connectivity index (χ0n) is 12.4. The van der Waals surface area contributed by atoms with Crippen LogP contribution in [0, 0.1) is 17.8 Å². The van der Waals surface area contributed by atoms with Crippen molar-refractivity contribution in [2.45, 2.75) is 19.8 Å². The quantitative estimate of drug-likeness (QED) is 0.808. The summed E-state index contributed by atoms with van der Waals surface area (Å²) in [6.07, 6.45) is 0.806. The molecule has 0 aromatic heterocycles. The van der Waals surface area contributed by atoms with Crippen molar-refractivity contribution < 1.29 is 24.2 Å². The van der Waals surface area contributed by atoms with Crippen molar-refractivity contribution >= 4 is 18.0 Å². The summed E-state index contributed by atoms with van der Waals surface area (Å²) < 4.78 is 4.65. The number of carbonyl (C=O) groups is 3. The molecule has 0 bridgehead atoms. The second kappa shape index (κ2) is 6.32. The van der Waals surface area contributed by atoms with Crippen molar-refractivity contribution in [3.8, 4) is 0 Å². The fraction of sp³-hybridized carbons (Fsp3) is 0.786. The zero-order chi connectivity index (χ0) is 15.6. The highest BCUT2D eigenvalue weighted by Crippen LogP contribution is 2.37. The molecule has 2 rings (SSSR count). The molecular formula is C14H22N2O5. The lowest BCUT2D eigenvalue weighted by Gasteiger charge is -2.35. The summed E-state index contributed by atoms with van der Waals surface area (Å²) >= 11 is 0. The molecule has 1 N–H and O–H groups in total. The van der Waals surface area contributed by atoms with E-state index in [9.17, 15) is 19.5 Å². The average molecular weight is 298 g/mol. The van der Waals surface area contributed by atoms with Gasteiger partial charge in [0.15, 0.2) is 0 Å². The third-order valence-electron chi connectivity index (χ3n) is 4.46. The minimum atomic E-state index is -0.883. The number of hydrogen-bond donors (Lipinski definition) is 1. The fourth-order valence-electron chi connectivity index (χ4n) is 3.31. The van der Waals surface area contributed by atoms with Gasteiger partial charge in [-0.15, -0.1) is 0 Å². The van der Waals surface area contributed by atoms with Crippen LogP contribution in [-0.4, -0.2) is 66.2 Å². The van der Waals surface area contributed by atoms with Crippen molar-refractivity contribution in [2.24, 2.45) is 17.8 Å². The molecule has 0 aromatic rings. The third-order valence-corrected chi connectivity index (χ3v) is 4.46. The molecule has 7 nitrogen and oxygen atoms in total. The van der Waals surface area contributed by atoms with E-state index in [2.05, 4.69) is 4.74 Å². The third kappa shape index (κ3) is 3.28. The molecule has 7 heteroatoms. The van der Waals surface area contributed by atoms with Gasteiger partial charge in [0.25, 0.3) is 0 Å². The van der Waals surface area contributed by atoms with E-state index in [0.717, 1.165) is 0 Å². The number of ether oxygens (including phenoxy) is 1. The Hall–Kier alpha value is -1.79. The number of hydrogen-bond acceptors (Lipinski definition) is 4. The maximum Gasteiger partial charge on any atom is 0.409 e. The first-order valence-corrected chi connectivity index (χ1v) is 7.28. The van der Waals surface area contributed by atoms with Crippen LogP contribution in [-0.2, 0) is 14.3 Å². The van der Waals surface area contributed by atoms with E-state index in [-0.39, 0.29) is 17.9 Å². The molecule has 1 aliphatic heterocycles. The van der Waals surface area contributed by atoms with Gasteiger partial charge in [0, 0.05) is 26.2 Å². The Bertz CT molecular complexity index is 431. The van der Waals surface area contributed by atoms with Gasteiger partial charge >= 0.3 is 12.1 Å². The molecule has 1 unspecified atom stereocenters. The summed E-state index contributed by atoms with van der Waals surface area (Å²) in [5.74, 6) is -1.72. The Morgan fingerprint density at radius 3 is 2.05 bits per heavy atom. The molecule has 1 saturated carbocycles. The van der Waals surface area contributed by atoms with Crippen LogP contribution in [0.4, 0.5) is 4.79 Å². The van der Waals surface area contributed by atoms with E-state index in [0.29, 0.717) is 39.0 Å². The Balaban J connectivity index is 1.95. The average Bonchev–Trinajstić information content (AvgIpc) is 2.88. The number of carboxylic acid groups (broad SMARTS) is 1. The number of aliphatic carboxylic acids is 1. The normalized spacial score (nSPS) is 29.3. The van der Waals surface area contributed by atoms with Crippen molar-refractivity contribution in [3.63, 3.8) is 0 Å². The van der Waals surface area contributed by atoms with Gasteiger partial charge in [-0.1, -0.05) is 6.92 Å². The first kappa shape index (κ1) is 15.6. The van der Waals surface area contributed by atoms with E-state index in [1.807, 2.05) is 6.92 Å². The highest BCUT2D eigenvalue weighted by atomic mass is 16.5. The van der Waals surface area contributed by atoms with Crippen LogP contribution in [0.5, 0.6) is 0 Å². The molecule has 0 radical (unpaired) electrons. The number of carbonyl (C=O) groups excluding carboxylic acids is 2. The van der Waals surface area contributed by atoms with Gasteiger partial charge in [0.2, 0.25) is 5.91 Å². The summed E-state index contributed by atoms with van der Waals surface area (Å²) in [5.41, 5.74) is 0. The van der Waals surface area contributed by atoms with Gasteiger partial charge in [-0.3, -0.25) is 9.59 Å². The Morgan fingerprint density at radius 1 is 1.00 bits per heavy atom. The van der Waals surface area contributed by atoms with Gasteiger partial charge in [-0.05, 0) is 18.8 Å². The Kier molecular flexibility index (Phi) is 4.69. The Morgan fingerprint density at radius 2 is 1.52 bits per heavy atom. The largest absolute Gasteiger partial charge is 0.481 e. The van der Waals surface area contributed by atoms with E-state index >= 15 is 0 Å². The van der Waals surface area contributed by atoms with Crippen molar-refractivity contribution in [3.05, 3.63) is 0 Å². The monoisotopic (exact) mass is 298 g/mol. The fourth-order valence-corrected chi connectivity index (χ4v) is 3.31. The Labute approximate surface area is 123 Å². The molecule has 0 aromatic carbocycles. The minimum absolute atomic E-state index is 0.0868. The molecular weight excluding hydrogens is 276 g/mol. The highest BCUT2D eigenvalue weighted by molar-refractivity contribution is 5.85. The van der Waals surface area contributed by atoms with Crippen LogP contribution in [0.3, 0.4) is 0 Å². The van der Waals surface area contributed by atoms with Crippen molar-refractivity contribution in [2.75, 3.05) is 33.3 Å². The maximum atomic E-state index is 12.5. The SMILES string of the molecule is COC(=O)N1CCN(C(=O)[C@H]2CC(C)C[C@H]2C(=O)O)CC1. The molecule has 1 heterocycles. The summed E-state index contributed by atoms with van der Waals surface area (Å²) in [6.45, 7) is 3.71. The van der Waals surface area contributed by atoms with E-state index < -0.39 is 17.8 Å². The predicted octanol–water partition coefficient (Wildman–Crippen LogP) is 0.644. The lowest BCUT2D eigenvalue weighted by molar-refractivity contribution is -0.149. The van der Waals surface area contributed by atoms with Gasteiger partial charge in [0.1, 0.15) is 0 Å². The number of nitrogens with zero attached hydrogens (tertiary/aromatic N) is 2. The van der Waals surface area contributed by atoms with Crippen LogP contribution in [0.25, 0.3) is 0 Å². The van der Waals surface area contributed by atoms with Crippen molar-refractivity contribution in [1.82, 2.24) is 9.80 Å². The molecule has 0 spiro atoms. The predicted molar refractivity (Wildman–Crippen MR) is 73.6 cm³/mol. The molecule has 118 valence electrons. The second-order valence-corrected chi connectivity index (χ2v) is 5.91. The first-order chi connectivity index (χ1) is 9.93. The number of amides is 2. The van der Waals surface area contributed by atoms with E-state index in [4.69, 9.17) is 0 Å². The summed E-state index contributed by atoms with van der Waals surface area (Å²) in [7, 11) is 1.33. The second-order valence-electron chi connectivity index (χ2n) is 5.91. The van der Waals surface area contributed by atoms with Gasteiger partial charge in [-0.25, -0.2) is 4.79 Å². The molecule has 3 atom stereocenters. The number of piperazine rings is 1. The van der Waals surface area contributed by atoms with Crippen LogP contribution in [0.2, 0.25) is 0 Å². The first-order valence-electron chi connectivity index (χ1n) is 7.28. The van der Waals surface area contributed by atoms with Crippen molar-refractivity contribution in [1.29, 1.82) is 0 Å². The highest BCUT2D eigenvalue weighted by Gasteiger charge is 2.43. The number of methoxy groups -OCH3 is 1. The summed E-state index contributed by atoms with van der Waals surface area (Å²) in [6, 6.07) is 0. The van der Waals surface area contributed by atoms with E-state index in [1.54, 1.807) is 9.80 Å². The number of carboxylic acids is 1.